The van der Waals surface area contributed by atoms with Crippen molar-refractivity contribution < 1.29 is 23.9 Å². The largest absolute Gasteiger partial charge is 0.454 e. The molecule has 0 fully saturated rings. The molecule has 0 spiro atoms. The van der Waals surface area contributed by atoms with Gasteiger partial charge in [0.25, 0.3) is 11.8 Å². The van der Waals surface area contributed by atoms with Crippen LogP contribution in [0.4, 0.5) is 0 Å². The highest BCUT2D eigenvalue weighted by Gasteiger charge is 2.27. The zero-order valence-electron chi connectivity index (χ0n) is 15.3. The van der Waals surface area contributed by atoms with E-state index in [2.05, 4.69) is 16.0 Å². The SMILES string of the molecule is CC(C)NC(=O)CNC(=O)COC(=O)[C@H](NC(=O)c1cccs1)C(C)C. The minimum Gasteiger partial charge on any atom is -0.454 e. The van der Waals surface area contributed by atoms with Crippen LogP contribution in [0.3, 0.4) is 0 Å². The van der Waals surface area contributed by atoms with E-state index in [0.29, 0.717) is 4.88 Å². The maximum absolute atomic E-state index is 12.2. The normalized spacial score (nSPS) is 11.8. The number of hydrogen-bond donors (Lipinski definition) is 3. The second-order valence-electron chi connectivity index (χ2n) is 6.28. The summed E-state index contributed by atoms with van der Waals surface area (Å²) >= 11 is 1.26. The van der Waals surface area contributed by atoms with Gasteiger partial charge in [-0.3, -0.25) is 14.4 Å². The summed E-state index contributed by atoms with van der Waals surface area (Å²) < 4.78 is 4.96. The van der Waals surface area contributed by atoms with Crippen LogP contribution in [0.15, 0.2) is 17.5 Å². The third kappa shape index (κ3) is 7.64. The van der Waals surface area contributed by atoms with Crippen LogP contribution >= 0.6 is 11.3 Å². The Hall–Kier alpha value is -2.42. The standard InChI is InChI=1S/C17H25N3O5S/c1-10(2)15(20-16(23)12-6-5-7-26-12)17(24)25-9-14(22)18-8-13(21)19-11(3)4/h5-7,10-11,15H,8-9H2,1-4H3,(H,18,22)(H,19,21)(H,20,23)/t15-/m1/s1. The van der Waals surface area contributed by atoms with E-state index in [1.807, 2.05) is 0 Å². The average Bonchev–Trinajstić information content (AvgIpc) is 3.09. The number of hydrogen-bond acceptors (Lipinski definition) is 6. The van der Waals surface area contributed by atoms with Crippen molar-refractivity contribution >= 4 is 35.0 Å². The summed E-state index contributed by atoms with van der Waals surface area (Å²) in [5.74, 6) is -2.21. The molecule has 0 unspecified atom stereocenters. The van der Waals surface area contributed by atoms with Crippen LogP contribution in [0.2, 0.25) is 0 Å². The smallest absolute Gasteiger partial charge is 0.329 e. The summed E-state index contributed by atoms with van der Waals surface area (Å²) in [6.45, 7) is 6.41. The molecule has 3 N–H and O–H groups in total. The number of rotatable bonds is 9. The van der Waals surface area contributed by atoms with Crippen molar-refractivity contribution in [1.29, 1.82) is 0 Å². The van der Waals surface area contributed by atoms with Crippen LogP contribution in [0, 0.1) is 5.92 Å². The predicted molar refractivity (Wildman–Crippen MR) is 97.7 cm³/mol. The third-order valence-corrected chi connectivity index (χ3v) is 4.06. The van der Waals surface area contributed by atoms with Gasteiger partial charge in [-0.05, 0) is 31.2 Å². The van der Waals surface area contributed by atoms with Crippen molar-refractivity contribution in [1.82, 2.24) is 16.0 Å². The van der Waals surface area contributed by atoms with Gasteiger partial charge in [0.2, 0.25) is 5.91 Å². The second kappa shape index (κ2) is 10.5. The maximum atomic E-state index is 12.2. The monoisotopic (exact) mass is 383 g/mol. The molecule has 0 bridgehead atoms. The quantitative estimate of drug-likeness (QED) is 0.543. The first-order chi connectivity index (χ1) is 12.2. The van der Waals surface area contributed by atoms with Crippen molar-refractivity contribution in [2.24, 2.45) is 5.92 Å². The summed E-state index contributed by atoms with van der Waals surface area (Å²) in [5, 5.41) is 9.36. The summed E-state index contributed by atoms with van der Waals surface area (Å²) in [6.07, 6.45) is 0. The van der Waals surface area contributed by atoms with Crippen LogP contribution < -0.4 is 16.0 Å². The molecule has 0 saturated carbocycles. The number of esters is 1. The molecule has 1 aromatic heterocycles. The molecule has 0 aliphatic rings. The Morgan fingerprint density at radius 1 is 1.08 bits per heavy atom. The minimum atomic E-state index is -0.873. The van der Waals surface area contributed by atoms with Gasteiger partial charge in [0.1, 0.15) is 6.04 Å². The van der Waals surface area contributed by atoms with Crippen molar-refractivity contribution in [2.75, 3.05) is 13.2 Å². The lowest BCUT2D eigenvalue weighted by Gasteiger charge is -2.20. The number of carbonyl (C=O) groups excluding carboxylic acids is 4. The van der Waals surface area contributed by atoms with E-state index in [1.54, 1.807) is 45.2 Å². The Kier molecular flexibility index (Phi) is 8.77. The van der Waals surface area contributed by atoms with E-state index in [0.717, 1.165) is 0 Å². The molecule has 1 rings (SSSR count). The van der Waals surface area contributed by atoms with Crippen LogP contribution in [0.5, 0.6) is 0 Å². The molecule has 1 atom stereocenters. The molecular weight excluding hydrogens is 358 g/mol. The lowest BCUT2D eigenvalue weighted by molar-refractivity contribution is -0.151. The molecule has 0 aliphatic carbocycles. The van der Waals surface area contributed by atoms with E-state index >= 15 is 0 Å². The fraction of sp³-hybridized carbons (Fsp3) is 0.529. The Bertz CT molecular complexity index is 628. The maximum Gasteiger partial charge on any atom is 0.329 e. The Morgan fingerprint density at radius 3 is 2.31 bits per heavy atom. The van der Waals surface area contributed by atoms with Crippen LogP contribution in [0.1, 0.15) is 37.4 Å². The zero-order chi connectivity index (χ0) is 19.7. The molecule has 8 nitrogen and oxygen atoms in total. The Morgan fingerprint density at radius 2 is 1.77 bits per heavy atom. The van der Waals surface area contributed by atoms with E-state index in [4.69, 9.17) is 4.74 Å². The molecule has 26 heavy (non-hydrogen) atoms. The highest BCUT2D eigenvalue weighted by molar-refractivity contribution is 7.12. The van der Waals surface area contributed by atoms with Crippen molar-refractivity contribution in [2.45, 2.75) is 39.8 Å². The summed E-state index contributed by atoms with van der Waals surface area (Å²) in [5.41, 5.74) is 0. The lowest BCUT2D eigenvalue weighted by atomic mass is 10.0. The Balaban J connectivity index is 2.46. The lowest BCUT2D eigenvalue weighted by Crippen LogP contribution is -2.46. The first-order valence-corrected chi connectivity index (χ1v) is 9.15. The van der Waals surface area contributed by atoms with Crippen molar-refractivity contribution in [3.8, 4) is 0 Å². The molecule has 1 aromatic rings. The van der Waals surface area contributed by atoms with Gasteiger partial charge in [-0.15, -0.1) is 11.3 Å². The fourth-order valence-corrected chi connectivity index (χ4v) is 2.57. The Labute approximate surface area is 156 Å². The summed E-state index contributed by atoms with van der Waals surface area (Å²) in [6, 6.07) is 2.48. The second-order valence-corrected chi connectivity index (χ2v) is 7.23. The molecule has 1 heterocycles. The van der Waals surface area contributed by atoms with Gasteiger partial charge in [0.15, 0.2) is 6.61 Å². The predicted octanol–water partition coefficient (Wildman–Crippen LogP) is 0.687. The molecular formula is C17H25N3O5S. The first-order valence-electron chi connectivity index (χ1n) is 8.27. The van der Waals surface area contributed by atoms with Crippen LogP contribution in [-0.2, 0) is 19.1 Å². The molecule has 0 radical (unpaired) electrons. The highest BCUT2D eigenvalue weighted by Crippen LogP contribution is 2.11. The van der Waals surface area contributed by atoms with E-state index in [-0.39, 0.29) is 30.3 Å². The summed E-state index contributed by atoms with van der Waals surface area (Å²) in [4.78, 5) is 47.9. The van der Waals surface area contributed by atoms with Crippen molar-refractivity contribution in [3.63, 3.8) is 0 Å². The first kappa shape index (κ1) is 21.6. The molecule has 0 aliphatic heterocycles. The topological polar surface area (TPSA) is 114 Å². The molecule has 144 valence electrons. The van der Waals surface area contributed by atoms with E-state index in [1.165, 1.54) is 11.3 Å². The number of amides is 3. The van der Waals surface area contributed by atoms with Crippen LogP contribution in [-0.4, -0.2) is 48.9 Å². The molecule has 0 aromatic carbocycles. The summed E-state index contributed by atoms with van der Waals surface area (Å²) in [7, 11) is 0. The van der Waals surface area contributed by atoms with E-state index < -0.39 is 24.5 Å². The highest BCUT2D eigenvalue weighted by atomic mass is 32.1. The van der Waals surface area contributed by atoms with Gasteiger partial charge in [0.05, 0.1) is 11.4 Å². The number of thiophene rings is 1. The van der Waals surface area contributed by atoms with Gasteiger partial charge in [-0.2, -0.15) is 0 Å². The number of carbonyl (C=O) groups is 4. The van der Waals surface area contributed by atoms with Crippen molar-refractivity contribution in [3.05, 3.63) is 22.4 Å². The van der Waals surface area contributed by atoms with Gasteiger partial charge >= 0.3 is 5.97 Å². The number of ether oxygens (including phenoxy) is 1. The van der Waals surface area contributed by atoms with Crippen LogP contribution in [0.25, 0.3) is 0 Å². The minimum absolute atomic E-state index is 0.0315. The van der Waals surface area contributed by atoms with Gasteiger partial charge in [-0.25, -0.2) is 4.79 Å². The van der Waals surface area contributed by atoms with E-state index in [9.17, 15) is 19.2 Å². The average molecular weight is 383 g/mol. The fourth-order valence-electron chi connectivity index (χ4n) is 1.95. The molecule has 0 saturated heterocycles. The number of nitrogens with one attached hydrogen (secondary N) is 3. The van der Waals surface area contributed by atoms with Gasteiger partial charge in [0, 0.05) is 6.04 Å². The molecule has 9 heteroatoms. The zero-order valence-corrected chi connectivity index (χ0v) is 16.1. The van der Waals surface area contributed by atoms with Gasteiger partial charge < -0.3 is 20.7 Å². The van der Waals surface area contributed by atoms with Gasteiger partial charge in [-0.1, -0.05) is 19.9 Å². The third-order valence-electron chi connectivity index (χ3n) is 3.19. The molecule has 3 amide bonds.